The smallest absolute Gasteiger partial charge is 0.244 e. The van der Waals surface area contributed by atoms with Gasteiger partial charge in [-0.05, 0) is 48.9 Å². The number of sulfonamides is 1. The molecule has 0 bridgehead atoms. The molecule has 1 heterocycles. The Hall–Kier alpha value is -5.43. The number of anilines is 4. The Labute approximate surface area is 267 Å². The summed E-state index contributed by atoms with van der Waals surface area (Å²) in [7, 11) is 0.940. The molecule has 4 N–H and O–H groups in total. The predicted octanol–water partition coefficient (Wildman–Crippen LogP) is 5.48. The molecule has 5 rings (SSSR count). The number of nitrogens with one attached hydrogen (secondary N) is 4. The highest BCUT2D eigenvalue weighted by atomic mass is 32.2. The molecular weight excluding hydrogens is 611 g/mol. The maximum absolute atomic E-state index is 13.3. The minimum Gasteiger partial charge on any atom is -0.497 e. The highest BCUT2D eigenvalue weighted by Crippen LogP contribution is 2.31. The van der Waals surface area contributed by atoms with Gasteiger partial charge in [0.15, 0.2) is 11.6 Å². The van der Waals surface area contributed by atoms with Crippen LogP contribution in [0.3, 0.4) is 0 Å². The number of aromatic nitrogens is 2. The molecule has 0 spiro atoms. The number of nitrogens with zero attached hydrogens (tertiary/aromatic N) is 2. The van der Waals surface area contributed by atoms with Crippen LogP contribution in [-0.2, 0) is 14.8 Å². The molecule has 1 aliphatic rings. The summed E-state index contributed by atoms with van der Waals surface area (Å²) < 4.78 is 52.9. The third kappa shape index (κ3) is 8.82. The quantitative estimate of drug-likeness (QED) is 0.155. The number of methoxy groups -OCH3 is 2. The average molecular weight is 647 g/mol. The molecule has 46 heavy (non-hydrogen) atoms. The van der Waals surface area contributed by atoms with Gasteiger partial charge in [0.2, 0.25) is 10.0 Å². The van der Waals surface area contributed by atoms with E-state index < -0.39 is 15.3 Å². The van der Waals surface area contributed by atoms with E-state index in [9.17, 15) is 17.6 Å². The number of para-hydroxylation sites is 2. The number of hydrogen-bond donors (Lipinski definition) is 4. The molecule has 0 fully saturated rings. The van der Waals surface area contributed by atoms with Crippen LogP contribution < -0.4 is 30.1 Å². The van der Waals surface area contributed by atoms with Gasteiger partial charge in [0, 0.05) is 36.6 Å². The second-order valence-electron chi connectivity index (χ2n) is 9.89. The average Bonchev–Trinajstić information content (AvgIpc) is 3.31. The molecule has 4 aromatic rings. The Morgan fingerprint density at radius 1 is 0.935 bits per heavy atom. The highest BCUT2D eigenvalue weighted by Gasteiger charge is 2.25. The zero-order chi connectivity index (χ0) is 33.1. The summed E-state index contributed by atoms with van der Waals surface area (Å²) in [5, 5.41) is 7.86. The van der Waals surface area contributed by atoms with Crippen molar-refractivity contribution in [1.29, 1.82) is 0 Å². The predicted molar refractivity (Wildman–Crippen MR) is 180 cm³/mol. The van der Waals surface area contributed by atoms with E-state index in [2.05, 4.69) is 30.6 Å². The summed E-state index contributed by atoms with van der Waals surface area (Å²) in [4.78, 5) is 19.1. The number of benzene rings is 3. The first kappa shape index (κ1) is 33.5. The third-order valence-electron chi connectivity index (χ3n) is 6.60. The number of halogens is 1. The van der Waals surface area contributed by atoms with Crippen LogP contribution in [0.15, 0.2) is 96.7 Å². The lowest BCUT2D eigenvalue weighted by atomic mass is 10.2. The van der Waals surface area contributed by atoms with Gasteiger partial charge in [-0.1, -0.05) is 36.4 Å². The van der Waals surface area contributed by atoms with E-state index in [1.807, 2.05) is 19.1 Å². The van der Waals surface area contributed by atoms with Gasteiger partial charge in [-0.3, -0.25) is 4.72 Å². The number of rotatable bonds is 11. The van der Waals surface area contributed by atoms with Crippen LogP contribution in [0.1, 0.15) is 5.56 Å². The van der Waals surface area contributed by atoms with Crippen LogP contribution in [0.2, 0.25) is 0 Å². The number of carbonyl (C=O) groups is 1. The summed E-state index contributed by atoms with van der Waals surface area (Å²) in [6, 6.07) is 17.3. The Balaban J connectivity index is 0.000000337. The number of likely N-dealkylation sites (N-methyl/N-ethyl adjacent to an activating group) is 1. The summed E-state index contributed by atoms with van der Waals surface area (Å²) in [6.45, 7) is 1.95. The molecule has 1 aromatic heterocycles. The first-order chi connectivity index (χ1) is 22.1. The minimum absolute atomic E-state index is 0.0745. The number of fused-ring (bicyclic) bond motifs is 1. The number of ether oxygens (including phenoxy) is 2. The van der Waals surface area contributed by atoms with Crippen molar-refractivity contribution in [3.8, 4) is 11.5 Å². The van der Waals surface area contributed by atoms with Crippen molar-refractivity contribution >= 4 is 50.4 Å². The Morgan fingerprint density at radius 2 is 1.61 bits per heavy atom. The molecule has 1 aliphatic carbocycles. The van der Waals surface area contributed by atoms with E-state index in [0.29, 0.717) is 45.9 Å². The Bertz CT molecular complexity index is 1870. The topological polar surface area (TPSA) is 144 Å². The van der Waals surface area contributed by atoms with Gasteiger partial charge in [-0.15, -0.1) is 0 Å². The van der Waals surface area contributed by atoms with Crippen LogP contribution in [0.4, 0.5) is 27.4 Å². The maximum atomic E-state index is 13.3. The maximum Gasteiger partial charge on any atom is 0.244 e. The van der Waals surface area contributed by atoms with E-state index in [0.717, 1.165) is 5.56 Å². The second-order valence-corrected chi connectivity index (χ2v) is 11.7. The lowest BCUT2D eigenvalue weighted by molar-refractivity contribution is -0.106. The van der Waals surface area contributed by atoms with Crippen molar-refractivity contribution in [1.82, 2.24) is 15.3 Å². The molecule has 0 radical (unpaired) electrons. The molecule has 240 valence electrons. The zero-order valence-electron chi connectivity index (χ0n) is 25.7. The monoisotopic (exact) mass is 646 g/mol. The van der Waals surface area contributed by atoms with E-state index in [-0.39, 0.29) is 24.0 Å². The molecule has 3 aromatic carbocycles. The standard InChI is InChI=1S/C24H25N5O4S.C9H10FNO/c1-25-16-8-4-5-9-20(14-16)34(30,31)29-24-23(27-21-10-6-7-11-22(21)28-24)26-17-12-18(32-2)15-19(13-17)33-3;1-7-2-3-9(8(10)6-7)11-4-5-12/h4-15,20,25H,1-3H3,(H,26,27)(H,28,29);2-3,5-6,11H,4H2,1H3. The van der Waals surface area contributed by atoms with Crippen molar-refractivity contribution in [3.63, 3.8) is 0 Å². The lowest BCUT2D eigenvalue weighted by Crippen LogP contribution is -2.26. The van der Waals surface area contributed by atoms with Crippen LogP contribution >= 0.6 is 0 Å². The van der Waals surface area contributed by atoms with Crippen LogP contribution in [0, 0.1) is 12.7 Å². The van der Waals surface area contributed by atoms with Gasteiger partial charge < -0.3 is 30.2 Å². The van der Waals surface area contributed by atoms with Crippen LogP contribution in [0.5, 0.6) is 11.5 Å². The molecule has 1 atom stereocenters. The van der Waals surface area contributed by atoms with E-state index >= 15 is 0 Å². The molecule has 0 aliphatic heterocycles. The largest absolute Gasteiger partial charge is 0.497 e. The molecule has 1 unspecified atom stereocenters. The van der Waals surface area contributed by atoms with Gasteiger partial charge in [0.05, 0.1) is 37.5 Å². The van der Waals surface area contributed by atoms with Gasteiger partial charge in [-0.2, -0.15) is 0 Å². The number of aryl methyl sites for hydroxylation is 1. The first-order valence-corrected chi connectivity index (χ1v) is 15.7. The Morgan fingerprint density at radius 3 is 2.22 bits per heavy atom. The number of aldehydes is 1. The van der Waals surface area contributed by atoms with Crippen molar-refractivity contribution in [2.45, 2.75) is 12.2 Å². The first-order valence-electron chi connectivity index (χ1n) is 14.1. The summed E-state index contributed by atoms with van der Waals surface area (Å²) in [5.74, 6) is 1.13. The van der Waals surface area contributed by atoms with Gasteiger partial charge in [0.25, 0.3) is 0 Å². The van der Waals surface area contributed by atoms with Gasteiger partial charge in [0.1, 0.15) is 28.9 Å². The van der Waals surface area contributed by atoms with E-state index in [1.165, 1.54) is 6.07 Å². The minimum atomic E-state index is -3.90. The van der Waals surface area contributed by atoms with Gasteiger partial charge in [-0.25, -0.2) is 22.8 Å². The molecular formula is C33H35FN6O5S. The van der Waals surface area contributed by atoms with Crippen LogP contribution in [-0.4, -0.2) is 57.7 Å². The fraction of sp³-hybridized carbons (Fsp3) is 0.182. The molecule has 0 amide bonds. The van der Waals surface area contributed by atoms with Crippen LogP contribution in [0.25, 0.3) is 11.0 Å². The summed E-state index contributed by atoms with van der Waals surface area (Å²) in [5.41, 5.74) is 3.68. The highest BCUT2D eigenvalue weighted by molar-refractivity contribution is 7.93. The zero-order valence-corrected chi connectivity index (χ0v) is 26.6. The summed E-state index contributed by atoms with van der Waals surface area (Å²) >= 11 is 0. The van der Waals surface area contributed by atoms with Crippen molar-refractivity contribution in [2.24, 2.45) is 0 Å². The molecule has 0 saturated carbocycles. The lowest BCUT2D eigenvalue weighted by Gasteiger charge is -2.17. The van der Waals surface area contributed by atoms with E-state index in [1.54, 1.807) is 94.1 Å². The van der Waals surface area contributed by atoms with E-state index in [4.69, 9.17) is 9.47 Å². The fourth-order valence-corrected chi connectivity index (χ4v) is 5.44. The fourth-order valence-electron chi connectivity index (χ4n) is 4.27. The molecule has 13 heteroatoms. The van der Waals surface area contributed by atoms with Crippen molar-refractivity contribution in [3.05, 3.63) is 108 Å². The number of hydrogen-bond acceptors (Lipinski definition) is 10. The second kappa shape index (κ2) is 15.5. The van der Waals surface area contributed by atoms with Gasteiger partial charge >= 0.3 is 0 Å². The molecule has 11 nitrogen and oxygen atoms in total. The Kier molecular flexibility index (Phi) is 11.3. The van der Waals surface area contributed by atoms with Crippen molar-refractivity contribution < 1.29 is 27.1 Å². The number of carbonyl (C=O) groups excluding carboxylic acids is 1. The SMILES string of the molecule is CNC1=CC(S(=O)(=O)Nc2nc3ccccc3nc2Nc2cc(OC)cc(OC)c2)C=CC=C1.Cc1ccc(NCC=O)c(F)c1. The summed E-state index contributed by atoms with van der Waals surface area (Å²) in [6.07, 6.45) is 9.17. The normalized spacial score (nSPS) is 13.8. The number of allylic oxidation sites excluding steroid dienone is 3. The molecule has 0 saturated heterocycles. The third-order valence-corrected chi connectivity index (χ3v) is 8.09. The van der Waals surface area contributed by atoms with Crippen molar-refractivity contribution in [2.75, 3.05) is 43.2 Å².